The predicted molar refractivity (Wildman–Crippen MR) is 78.4 cm³/mol. The van der Waals surface area contributed by atoms with E-state index in [0.717, 1.165) is 11.5 Å². The SMILES string of the molecule is C=CCNC(=NC)NCc1ccc(OC(C)C)nc1. The molecular formula is C14H22N4O. The van der Waals surface area contributed by atoms with Crippen LogP contribution in [0.4, 0.5) is 0 Å². The van der Waals surface area contributed by atoms with Crippen molar-refractivity contribution in [1.82, 2.24) is 15.6 Å². The van der Waals surface area contributed by atoms with Gasteiger partial charge in [-0.15, -0.1) is 6.58 Å². The van der Waals surface area contributed by atoms with Gasteiger partial charge in [-0.2, -0.15) is 0 Å². The molecule has 0 radical (unpaired) electrons. The van der Waals surface area contributed by atoms with Gasteiger partial charge in [-0.25, -0.2) is 4.98 Å². The van der Waals surface area contributed by atoms with Crippen LogP contribution in [-0.2, 0) is 6.54 Å². The molecule has 0 unspecified atom stereocenters. The van der Waals surface area contributed by atoms with Crippen molar-refractivity contribution in [2.24, 2.45) is 4.99 Å². The zero-order valence-corrected chi connectivity index (χ0v) is 11.8. The van der Waals surface area contributed by atoms with E-state index in [1.807, 2.05) is 26.0 Å². The minimum Gasteiger partial charge on any atom is -0.475 e. The van der Waals surface area contributed by atoms with Crippen molar-refractivity contribution >= 4 is 5.96 Å². The minimum absolute atomic E-state index is 0.137. The molecule has 0 saturated heterocycles. The zero-order chi connectivity index (χ0) is 14.1. The number of rotatable bonds is 6. The first kappa shape index (κ1) is 15.0. The average Bonchev–Trinajstić information content (AvgIpc) is 2.40. The molecule has 0 aliphatic heterocycles. The van der Waals surface area contributed by atoms with E-state index in [1.165, 1.54) is 0 Å². The summed E-state index contributed by atoms with van der Waals surface area (Å²) in [6, 6.07) is 3.86. The van der Waals surface area contributed by atoms with Gasteiger partial charge in [0, 0.05) is 32.4 Å². The third-order valence-corrected chi connectivity index (χ3v) is 2.25. The van der Waals surface area contributed by atoms with Crippen molar-refractivity contribution in [3.8, 4) is 5.88 Å². The minimum atomic E-state index is 0.137. The molecule has 5 nitrogen and oxygen atoms in total. The molecule has 5 heteroatoms. The van der Waals surface area contributed by atoms with Gasteiger partial charge in [-0.05, 0) is 19.4 Å². The van der Waals surface area contributed by atoms with E-state index in [1.54, 1.807) is 19.3 Å². The number of ether oxygens (including phenoxy) is 1. The molecule has 0 aromatic carbocycles. The molecule has 0 aliphatic rings. The predicted octanol–water partition coefficient (Wildman–Crippen LogP) is 1.72. The first-order valence-corrected chi connectivity index (χ1v) is 6.32. The maximum atomic E-state index is 5.49. The molecule has 1 heterocycles. The number of pyridine rings is 1. The fourth-order valence-corrected chi connectivity index (χ4v) is 1.40. The lowest BCUT2D eigenvalue weighted by atomic mass is 10.3. The van der Waals surface area contributed by atoms with Crippen LogP contribution < -0.4 is 15.4 Å². The zero-order valence-electron chi connectivity index (χ0n) is 11.8. The number of nitrogens with one attached hydrogen (secondary N) is 2. The van der Waals surface area contributed by atoms with E-state index in [9.17, 15) is 0 Å². The van der Waals surface area contributed by atoms with Crippen molar-refractivity contribution in [1.29, 1.82) is 0 Å². The summed E-state index contributed by atoms with van der Waals surface area (Å²) in [5.41, 5.74) is 1.07. The van der Waals surface area contributed by atoms with Gasteiger partial charge in [-0.1, -0.05) is 12.1 Å². The summed E-state index contributed by atoms with van der Waals surface area (Å²) in [4.78, 5) is 8.35. The van der Waals surface area contributed by atoms with Crippen LogP contribution in [-0.4, -0.2) is 30.6 Å². The highest BCUT2D eigenvalue weighted by Crippen LogP contribution is 2.09. The normalized spacial score (nSPS) is 11.3. The lowest BCUT2D eigenvalue weighted by Gasteiger charge is -2.11. The lowest BCUT2D eigenvalue weighted by molar-refractivity contribution is 0.232. The van der Waals surface area contributed by atoms with Crippen LogP contribution in [0.3, 0.4) is 0 Å². The Bertz CT molecular complexity index is 412. The van der Waals surface area contributed by atoms with Gasteiger partial charge >= 0.3 is 0 Å². The van der Waals surface area contributed by atoms with E-state index in [-0.39, 0.29) is 6.10 Å². The molecule has 0 spiro atoms. The standard InChI is InChI=1S/C14H22N4O/c1-5-8-16-14(15-4)18-10-12-6-7-13(17-9-12)19-11(2)3/h5-7,9,11H,1,8,10H2,2-4H3,(H2,15,16,18). The van der Waals surface area contributed by atoms with Gasteiger partial charge in [-0.3, -0.25) is 4.99 Å². The fraction of sp³-hybridized carbons (Fsp3) is 0.429. The van der Waals surface area contributed by atoms with Gasteiger partial charge in [0.25, 0.3) is 0 Å². The number of hydrogen-bond acceptors (Lipinski definition) is 3. The van der Waals surface area contributed by atoms with Crippen LogP contribution in [0.5, 0.6) is 5.88 Å². The molecule has 1 aromatic heterocycles. The first-order chi connectivity index (χ1) is 9.15. The van der Waals surface area contributed by atoms with Crippen LogP contribution in [0.25, 0.3) is 0 Å². The quantitative estimate of drug-likeness (QED) is 0.465. The summed E-state index contributed by atoms with van der Waals surface area (Å²) < 4.78 is 5.49. The molecule has 0 aliphatic carbocycles. The Kier molecular flexibility index (Phi) is 6.43. The molecule has 1 aromatic rings. The Morgan fingerprint density at radius 2 is 2.26 bits per heavy atom. The van der Waals surface area contributed by atoms with E-state index in [0.29, 0.717) is 19.0 Å². The summed E-state index contributed by atoms with van der Waals surface area (Å²) in [6.07, 6.45) is 3.72. The van der Waals surface area contributed by atoms with Crippen LogP contribution in [0, 0.1) is 0 Å². The number of hydrogen-bond donors (Lipinski definition) is 2. The molecule has 0 fully saturated rings. The highest BCUT2D eigenvalue weighted by molar-refractivity contribution is 5.79. The van der Waals surface area contributed by atoms with Gasteiger partial charge in [0.2, 0.25) is 5.88 Å². The second-order valence-electron chi connectivity index (χ2n) is 4.27. The lowest BCUT2D eigenvalue weighted by Crippen LogP contribution is -2.36. The Labute approximate surface area is 114 Å². The molecule has 1 rings (SSSR count). The van der Waals surface area contributed by atoms with E-state index >= 15 is 0 Å². The van der Waals surface area contributed by atoms with Gasteiger partial charge < -0.3 is 15.4 Å². The second kappa shape index (κ2) is 8.13. The number of aliphatic imine (C=N–C) groups is 1. The van der Waals surface area contributed by atoms with Crippen LogP contribution in [0.2, 0.25) is 0 Å². The Morgan fingerprint density at radius 1 is 1.47 bits per heavy atom. The van der Waals surface area contributed by atoms with Crippen molar-refractivity contribution in [3.05, 3.63) is 36.5 Å². The highest BCUT2D eigenvalue weighted by atomic mass is 16.5. The Hall–Kier alpha value is -2.04. The fourth-order valence-electron chi connectivity index (χ4n) is 1.40. The number of aromatic nitrogens is 1. The van der Waals surface area contributed by atoms with Crippen molar-refractivity contribution in [2.45, 2.75) is 26.5 Å². The molecule has 0 bridgehead atoms. The van der Waals surface area contributed by atoms with Crippen LogP contribution in [0.15, 0.2) is 36.0 Å². The highest BCUT2D eigenvalue weighted by Gasteiger charge is 2.00. The average molecular weight is 262 g/mol. The van der Waals surface area contributed by atoms with Crippen LogP contribution in [0.1, 0.15) is 19.4 Å². The maximum Gasteiger partial charge on any atom is 0.213 e. The van der Waals surface area contributed by atoms with Crippen molar-refractivity contribution in [3.63, 3.8) is 0 Å². The summed E-state index contributed by atoms with van der Waals surface area (Å²) in [7, 11) is 1.73. The summed E-state index contributed by atoms with van der Waals surface area (Å²) in [6.45, 7) is 8.94. The number of nitrogens with zero attached hydrogens (tertiary/aromatic N) is 2. The molecular weight excluding hydrogens is 240 g/mol. The summed E-state index contributed by atoms with van der Waals surface area (Å²) in [5, 5.41) is 6.29. The summed E-state index contributed by atoms with van der Waals surface area (Å²) >= 11 is 0. The van der Waals surface area contributed by atoms with E-state index in [2.05, 4.69) is 27.2 Å². The number of guanidine groups is 1. The topological polar surface area (TPSA) is 58.5 Å². The third kappa shape index (κ3) is 5.90. The molecule has 0 atom stereocenters. The van der Waals surface area contributed by atoms with Crippen molar-refractivity contribution < 1.29 is 4.74 Å². The van der Waals surface area contributed by atoms with Gasteiger partial charge in [0.05, 0.1) is 6.10 Å². The molecule has 0 saturated carbocycles. The molecule has 104 valence electrons. The monoisotopic (exact) mass is 262 g/mol. The second-order valence-corrected chi connectivity index (χ2v) is 4.27. The van der Waals surface area contributed by atoms with Gasteiger partial charge in [0.15, 0.2) is 5.96 Å². The van der Waals surface area contributed by atoms with Crippen LogP contribution >= 0.6 is 0 Å². The Balaban J connectivity index is 2.46. The summed E-state index contributed by atoms with van der Waals surface area (Å²) in [5.74, 6) is 1.38. The van der Waals surface area contributed by atoms with E-state index in [4.69, 9.17) is 4.74 Å². The largest absolute Gasteiger partial charge is 0.475 e. The maximum absolute atomic E-state index is 5.49. The third-order valence-electron chi connectivity index (χ3n) is 2.25. The molecule has 19 heavy (non-hydrogen) atoms. The van der Waals surface area contributed by atoms with Crippen molar-refractivity contribution in [2.75, 3.05) is 13.6 Å². The van der Waals surface area contributed by atoms with Gasteiger partial charge in [0.1, 0.15) is 0 Å². The molecule has 2 N–H and O–H groups in total. The molecule has 0 amide bonds. The Morgan fingerprint density at radius 3 is 2.79 bits per heavy atom. The smallest absolute Gasteiger partial charge is 0.213 e. The van der Waals surface area contributed by atoms with E-state index < -0.39 is 0 Å². The first-order valence-electron chi connectivity index (χ1n) is 6.32.